The fourth-order valence-electron chi connectivity index (χ4n) is 6.60. The Morgan fingerprint density at radius 3 is 2.60 bits per heavy atom. The number of hydrogen-bond donors (Lipinski definition) is 2. The number of carbonyl (C=O) groups is 6. The molecule has 0 aromatic heterocycles. The van der Waals surface area contributed by atoms with E-state index in [1.807, 2.05) is 0 Å². The van der Waals surface area contributed by atoms with Crippen LogP contribution in [-0.4, -0.2) is 114 Å². The molecule has 0 saturated carbocycles. The zero-order valence-corrected chi connectivity index (χ0v) is 30.7. The van der Waals surface area contributed by atoms with E-state index in [0.29, 0.717) is 30.5 Å². The first kappa shape index (κ1) is 39.6. The van der Waals surface area contributed by atoms with Crippen molar-refractivity contribution in [3.63, 3.8) is 0 Å². The van der Waals surface area contributed by atoms with Crippen LogP contribution in [0.15, 0.2) is 42.0 Å². The number of fused-ring (bicyclic) bond motifs is 1. The van der Waals surface area contributed by atoms with E-state index < -0.39 is 89.8 Å². The number of cyclic esters (lactones) is 1. The van der Waals surface area contributed by atoms with Crippen LogP contribution in [0.5, 0.6) is 0 Å². The van der Waals surface area contributed by atoms with E-state index in [-0.39, 0.29) is 38.2 Å². The predicted molar refractivity (Wildman–Crippen MR) is 185 cm³/mol. The average Bonchev–Trinajstić information content (AvgIpc) is 3.85. The number of hydrogen-bond acceptors (Lipinski definition) is 13. The first-order valence-corrected chi connectivity index (χ1v) is 17.8. The molecule has 53 heavy (non-hydrogen) atoms. The number of aliphatic hydroxyl groups excluding tert-OH is 1. The van der Waals surface area contributed by atoms with Gasteiger partial charge in [-0.25, -0.2) is 14.4 Å². The lowest BCUT2D eigenvalue weighted by molar-refractivity contribution is -0.159. The number of amides is 2. The van der Waals surface area contributed by atoms with Gasteiger partial charge in [-0.1, -0.05) is 26.0 Å². The smallest absolute Gasteiger partial charge is 0.348 e. The molecule has 6 unspecified atom stereocenters. The summed E-state index contributed by atoms with van der Waals surface area (Å²) in [5.41, 5.74) is -0.330. The third-order valence-electron chi connectivity index (χ3n) is 9.31. The normalized spacial score (nSPS) is 25.6. The van der Waals surface area contributed by atoms with Gasteiger partial charge in [-0.15, -0.1) is 0 Å². The highest BCUT2D eigenvalue weighted by molar-refractivity contribution is 5.98. The zero-order chi connectivity index (χ0) is 38.5. The van der Waals surface area contributed by atoms with Crippen molar-refractivity contribution in [2.45, 2.75) is 109 Å². The molecular formula is C38H48N2O13. The second-order valence-electron chi connectivity index (χ2n) is 15.3. The molecule has 15 heteroatoms. The molecule has 0 bridgehead atoms. The third kappa shape index (κ3) is 10.1. The molecule has 3 aliphatic heterocycles. The maximum atomic E-state index is 13.9. The van der Waals surface area contributed by atoms with Crippen molar-refractivity contribution in [2.75, 3.05) is 26.6 Å². The molecule has 3 fully saturated rings. The standard InChI is InChI=1S/C38H48N2O13/c1-37(2,3)53-30(43)14-12-25(19-41)39-33(44)26-10-7-15-40(26)34(45)24-17-27-31(50-21-49-27)28(18-24)51-35(46)23-9-6-8-22(16-23)11-13-29(42)52-32-36(47)48-20-38(32,4)5/h6,8-9,11,13,16-17,25-28,31-32,41H,7,10,12,14-15,18-21H2,1-5H3,(H,39,44). The number of ether oxygens (including phenoxy) is 6. The van der Waals surface area contributed by atoms with E-state index in [1.165, 1.54) is 17.0 Å². The summed E-state index contributed by atoms with van der Waals surface area (Å²) in [5, 5.41) is 12.7. The van der Waals surface area contributed by atoms with Crippen molar-refractivity contribution in [2.24, 2.45) is 5.41 Å². The van der Waals surface area contributed by atoms with Crippen molar-refractivity contribution in [1.82, 2.24) is 10.2 Å². The Kier molecular flexibility index (Phi) is 12.4. The van der Waals surface area contributed by atoms with E-state index in [2.05, 4.69) is 5.32 Å². The Bertz CT molecular complexity index is 1640. The highest BCUT2D eigenvalue weighted by atomic mass is 16.7. The molecule has 288 valence electrons. The van der Waals surface area contributed by atoms with E-state index in [4.69, 9.17) is 28.4 Å². The number of carbonyl (C=O) groups excluding carboxylic acids is 6. The Labute approximate surface area is 307 Å². The minimum Gasteiger partial charge on any atom is -0.462 e. The van der Waals surface area contributed by atoms with Crippen molar-refractivity contribution >= 4 is 41.8 Å². The topological polar surface area (TPSA) is 193 Å². The van der Waals surface area contributed by atoms with Crippen LogP contribution in [-0.2, 0) is 52.4 Å². The average molecular weight is 741 g/mol. The molecule has 2 amide bonds. The minimum absolute atomic E-state index is 0.00168. The third-order valence-corrected chi connectivity index (χ3v) is 9.31. The van der Waals surface area contributed by atoms with E-state index in [9.17, 15) is 33.9 Å². The van der Waals surface area contributed by atoms with E-state index in [0.717, 1.165) is 6.08 Å². The summed E-state index contributed by atoms with van der Waals surface area (Å²) in [6.07, 6.45) is 2.19. The lowest BCUT2D eigenvalue weighted by atomic mass is 9.90. The van der Waals surface area contributed by atoms with Gasteiger partial charge in [0.1, 0.15) is 43.4 Å². The van der Waals surface area contributed by atoms with Crippen LogP contribution >= 0.6 is 0 Å². The summed E-state index contributed by atoms with van der Waals surface area (Å²) < 4.78 is 32.9. The summed E-state index contributed by atoms with van der Waals surface area (Å²) >= 11 is 0. The molecule has 6 atom stereocenters. The summed E-state index contributed by atoms with van der Waals surface area (Å²) in [7, 11) is 0. The molecule has 5 rings (SSSR count). The van der Waals surface area contributed by atoms with Crippen molar-refractivity contribution in [3.8, 4) is 0 Å². The molecule has 3 heterocycles. The van der Waals surface area contributed by atoms with Crippen LogP contribution in [0.4, 0.5) is 0 Å². The van der Waals surface area contributed by atoms with E-state index >= 15 is 0 Å². The van der Waals surface area contributed by atoms with Crippen LogP contribution in [0.1, 0.15) is 82.6 Å². The fraction of sp³-hybridized carbons (Fsp3) is 0.579. The largest absolute Gasteiger partial charge is 0.462 e. The fourth-order valence-corrected chi connectivity index (χ4v) is 6.60. The Balaban J connectivity index is 1.20. The molecule has 1 aromatic carbocycles. The summed E-state index contributed by atoms with van der Waals surface area (Å²) in [5.74, 6) is -3.32. The molecule has 2 N–H and O–H groups in total. The van der Waals surface area contributed by atoms with Gasteiger partial charge in [-0.05, 0) is 69.9 Å². The van der Waals surface area contributed by atoms with Gasteiger partial charge in [0, 0.05) is 36.5 Å². The molecule has 0 spiro atoms. The molecule has 0 radical (unpaired) electrons. The second kappa shape index (κ2) is 16.6. The highest BCUT2D eigenvalue weighted by Crippen LogP contribution is 2.34. The quantitative estimate of drug-likeness (QED) is 0.181. The van der Waals surface area contributed by atoms with Crippen LogP contribution in [0.3, 0.4) is 0 Å². The first-order chi connectivity index (χ1) is 25.0. The molecule has 3 saturated heterocycles. The predicted octanol–water partition coefficient (Wildman–Crippen LogP) is 2.38. The number of nitrogens with zero attached hydrogens (tertiary/aromatic N) is 1. The summed E-state index contributed by atoms with van der Waals surface area (Å²) in [6, 6.07) is 4.85. The Morgan fingerprint density at radius 1 is 1.13 bits per heavy atom. The van der Waals surface area contributed by atoms with Gasteiger partial charge in [0.05, 0.1) is 18.2 Å². The van der Waals surface area contributed by atoms with E-state index in [1.54, 1.807) is 58.9 Å². The molecule has 1 aliphatic carbocycles. The lowest BCUT2D eigenvalue weighted by Gasteiger charge is -2.33. The van der Waals surface area contributed by atoms with Crippen LogP contribution < -0.4 is 5.32 Å². The van der Waals surface area contributed by atoms with Gasteiger partial charge < -0.3 is 43.7 Å². The maximum absolute atomic E-state index is 13.9. The number of rotatable bonds is 12. The van der Waals surface area contributed by atoms with Gasteiger partial charge in [0.25, 0.3) is 0 Å². The van der Waals surface area contributed by atoms with Crippen molar-refractivity contribution in [1.29, 1.82) is 0 Å². The Hall–Kier alpha value is -4.60. The number of nitrogens with one attached hydrogen (secondary N) is 1. The Morgan fingerprint density at radius 2 is 1.91 bits per heavy atom. The van der Waals surface area contributed by atoms with Gasteiger partial charge in [-0.2, -0.15) is 0 Å². The molecule has 1 aromatic rings. The maximum Gasteiger partial charge on any atom is 0.348 e. The van der Waals surface area contributed by atoms with Gasteiger partial charge in [0.2, 0.25) is 17.9 Å². The monoisotopic (exact) mass is 740 g/mol. The second-order valence-corrected chi connectivity index (χ2v) is 15.3. The summed E-state index contributed by atoms with van der Waals surface area (Å²) in [4.78, 5) is 78.7. The van der Waals surface area contributed by atoms with Crippen LogP contribution in [0.2, 0.25) is 0 Å². The number of aliphatic hydroxyl groups is 1. The first-order valence-electron chi connectivity index (χ1n) is 17.8. The van der Waals surface area contributed by atoms with Gasteiger partial charge >= 0.3 is 23.9 Å². The van der Waals surface area contributed by atoms with Crippen LogP contribution in [0, 0.1) is 5.41 Å². The summed E-state index contributed by atoms with van der Waals surface area (Å²) in [6.45, 7) is 8.79. The zero-order valence-electron chi connectivity index (χ0n) is 30.7. The SMILES string of the molecule is CC(C)(C)OC(=O)CCC(CO)NC(=O)C1CCCN1C(=O)C1=CC2OCOC2C(OC(=O)c2cccc(C=CC(=O)OC3C(=O)OCC3(C)C)c2)C1. The lowest BCUT2D eigenvalue weighted by Crippen LogP contribution is -2.51. The minimum atomic E-state index is -1.03. The number of benzene rings is 1. The van der Waals surface area contributed by atoms with Gasteiger partial charge in [-0.3, -0.25) is 14.4 Å². The van der Waals surface area contributed by atoms with Gasteiger partial charge in [0.15, 0.2) is 0 Å². The van der Waals surface area contributed by atoms with Crippen molar-refractivity contribution in [3.05, 3.63) is 53.1 Å². The molecular weight excluding hydrogens is 692 g/mol. The van der Waals surface area contributed by atoms with Crippen LogP contribution in [0.25, 0.3) is 6.08 Å². The van der Waals surface area contributed by atoms with Crippen molar-refractivity contribution < 1.29 is 62.3 Å². The number of esters is 4. The molecule has 15 nitrogen and oxygen atoms in total. The highest BCUT2D eigenvalue weighted by Gasteiger charge is 2.47. The number of likely N-dealkylation sites (tertiary alicyclic amines) is 1. The molecule has 4 aliphatic rings.